The molecule has 0 radical (unpaired) electrons. The molecule has 2 aliphatic carbocycles. The predicted octanol–water partition coefficient (Wildman–Crippen LogP) is -0.380. The van der Waals surface area contributed by atoms with Crippen LogP contribution in [-0.4, -0.2) is 5.84 Å². The van der Waals surface area contributed by atoms with Gasteiger partial charge in [0.25, 0.3) is 5.84 Å². The van der Waals surface area contributed by atoms with E-state index in [2.05, 4.69) is 5.73 Å². The van der Waals surface area contributed by atoms with Gasteiger partial charge >= 0.3 is 0 Å². The van der Waals surface area contributed by atoms with Gasteiger partial charge in [-0.25, -0.2) is 0 Å². The van der Waals surface area contributed by atoms with Crippen LogP contribution in [-0.2, 0) is 0 Å². The molecule has 0 saturated carbocycles. The minimum atomic E-state index is 0.359. The third-order valence-electron chi connectivity index (χ3n) is 1.78. The topological polar surface area (TPSA) is 51.6 Å². The maximum Gasteiger partial charge on any atom is 0.272 e. The van der Waals surface area contributed by atoms with Crippen molar-refractivity contribution in [2.75, 3.05) is 0 Å². The van der Waals surface area contributed by atoms with Crippen molar-refractivity contribution in [3.63, 3.8) is 0 Å². The van der Waals surface area contributed by atoms with Crippen LogP contribution in [0.2, 0.25) is 0 Å². The Labute approximate surface area is 70.6 Å². The van der Waals surface area contributed by atoms with E-state index < -0.39 is 0 Å². The highest BCUT2D eigenvalue weighted by atomic mass is 14.7. The van der Waals surface area contributed by atoms with Crippen LogP contribution < -0.4 is 11.1 Å². The van der Waals surface area contributed by atoms with Crippen molar-refractivity contribution in [2.24, 2.45) is 5.73 Å². The molecule has 58 valence electrons. The molecule has 0 heterocycles. The van der Waals surface area contributed by atoms with Crippen molar-refractivity contribution in [2.45, 2.75) is 0 Å². The SMILES string of the molecule is NC(=[NH2+])C(C1=C=CC=C1)=C1C=C1. The van der Waals surface area contributed by atoms with E-state index in [0.29, 0.717) is 5.84 Å². The van der Waals surface area contributed by atoms with E-state index in [1.165, 1.54) is 0 Å². The molecule has 2 nitrogen and oxygen atoms in total. The maximum atomic E-state index is 5.55. The highest BCUT2D eigenvalue weighted by Crippen LogP contribution is 2.25. The predicted molar refractivity (Wildman–Crippen MR) is 48.0 cm³/mol. The molecule has 2 rings (SSSR count). The summed E-state index contributed by atoms with van der Waals surface area (Å²) in [5, 5.41) is 5.55. The van der Waals surface area contributed by atoms with Gasteiger partial charge in [-0.15, -0.1) is 5.73 Å². The van der Waals surface area contributed by atoms with Gasteiger partial charge in [-0.2, -0.15) is 0 Å². The Morgan fingerprint density at radius 3 is 2.50 bits per heavy atom. The summed E-state index contributed by atoms with van der Waals surface area (Å²) in [6.45, 7) is 0. The molecule has 0 atom stereocenters. The Balaban J connectivity index is 2.43. The highest BCUT2D eigenvalue weighted by molar-refractivity contribution is 6.00. The number of amidine groups is 1. The minimum absolute atomic E-state index is 0.359. The molecule has 0 bridgehead atoms. The highest BCUT2D eigenvalue weighted by Gasteiger charge is 2.18. The zero-order chi connectivity index (χ0) is 8.55. The maximum absolute atomic E-state index is 5.55. The van der Waals surface area contributed by atoms with E-state index in [1.807, 2.05) is 30.4 Å². The van der Waals surface area contributed by atoms with Crippen LogP contribution in [0.4, 0.5) is 0 Å². The van der Waals surface area contributed by atoms with Gasteiger partial charge in [0, 0.05) is 5.57 Å². The van der Waals surface area contributed by atoms with Crippen LogP contribution in [0.3, 0.4) is 0 Å². The zero-order valence-corrected chi connectivity index (χ0v) is 6.54. The summed E-state index contributed by atoms with van der Waals surface area (Å²) in [6, 6.07) is 0. The summed E-state index contributed by atoms with van der Waals surface area (Å²) in [6.07, 6.45) is 9.68. The van der Waals surface area contributed by atoms with Gasteiger partial charge in [-0.3, -0.25) is 11.1 Å². The lowest BCUT2D eigenvalue weighted by Crippen LogP contribution is -2.47. The van der Waals surface area contributed by atoms with Gasteiger partial charge < -0.3 is 0 Å². The fourth-order valence-corrected chi connectivity index (χ4v) is 1.17. The molecule has 0 aliphatic heterocycles. The quantitative estimate of drug-likeness (QED) is 0.320. The van der Waals surface area contributed by atoms with Crippen LogP contribution in [0.15, 0.2) is 52.8 Å². The number of allylic oxidation sites excluding steroid dienone is 5. The Morgan fingerprint density at radius 2 is 2.08 bits per heavy atom. The zero-order valence-electron chi connectivity index (χ0n) is 6.54. The van der Waals surface area contributed by atoms with Crippen molar-refractivity contribution in [3.05, 3.63) is 52.8 Å². The molecular weight excluding hydrogens is 148 g/mol. The average molecular weight is 157 g/mol. The third kappa shape index (κ3) is 1.04. The van der Waals surface area contributed by atoms with E-state index in [1.54, 1.807) is 0 Å². The molecule has 0 saturated heterocycles. The lowest BCUT2D eigenvalue weighted by Gasteiger charge is -1.97. The molecule has 0 aromatic heterocycles. The molecule has 2 aliphatic rings. The van der Waals surface area contributed by atoms with E-state index in [-0.39, 0.29) is 0 Å². The second-order valence-electron chi connectivity index (χ2n) is 2.70. The smallest absolute Gasteiger partial charge is 0.272 e. The van der Waals surface area contributed by atoms with Gasteiger partial charge in [0.1, 0.15) is 0 Å². The standard InChI is InChI=1S/C10H8N2/c11-10(12)9(8-5-6-8)7-3-1-2-4-7/h1-3,5-6H,(H3,11,12)/p+1. The molecule has 0 spiro atoms. The fraction of sp³-hybridized carbons (Fsp3) is 0. The number of nitrogens with two attached hydrogens (primary N) is 2. The first-order valence-electron chi connectivity index (χ1n) is 3.73. The van der Waals surface area contributed by atoms with Gasteiger partial charge in [-0.1, -0.05) is 18.2 Å². The Hall–Kier alpha value is -1.79. The summed E-state index contributed by atoms with van der Waals surface area (Å²) in [7, 11) is 0. The van der Waals surface area contributed by atoms with Crippen LogP contribution in [0, 0.1) is 0 Å². The van der Waals surface area contributed by atoms with E-state index >= 15 is 0 Å². The third-order valence-corrected chi connectivity index (χ3v) is 1.78. The summed E-state index contributed by atoms with van der Waals surface area (Å²) in [5.41, 5.74) is 11.6. The second kappa shape index (κ2) is 2.36. The van der Waals surface area contributed by atoms with Crippen molar-refractivity contribution in [3.8, 4) is 0 Å². The van der Waals surface area contributed by atoms with Gasteiger partial charge in [-0.05, 0) is 17.7 Å². The Bertz CT molecular complexity index is 392. The fourth-order valence-electron chi connectivity index (χ4n) is 1.17. The van der Waals surface area contributed by atoms with Crippen LogP contribution in [0.5, 0.6) is 0 Å². The molecule has 0 unspecified atom stereocenters. The minimum Gasteiger partial charge on any atom is -0.287 e. The second-order valence-corrected chi connectivity index (χ2v) is 2.70. The Morgan fingerprint density at radius 1 is 1.33 bits per heavy atom. The monoisotopic (exact) mass is 157 g/mol. The lowest BCUT2D eigenvalue weighted by atomic mass is 10.1. The number of hydrogen-bond donors (Lipinski definition) is 2. The van der Waals surface area contributed by atoms with E-state index in [9.17, 15) is 0 Å². The normalized spacial score (nSPS) is 16.7. The molecule has 0 amide bonds. The molecule has 2 heteroatoms. The number of hydrogen-bond acceptors (Lipinski definition) is 0. The van der Waals surface area contributed by atoms with Crippen molar-refractivity contribution in [1.82, 2.24) is 0 Å². The molecule has 0 aromatic carbocycles. The summed E-state index contributed by atoms with van der Waals surface area (Å²) in [5.74, 6) is 0.359. The van der Waals surface area contributed by atoms with Crippen LogP contribution >= 0.6 is 0 Å². The molecular formula is C10H9N2+. The van der Waals surface area contributed by atoms with Crippen molar-refractivity contribution >= 4 is 5.84 Å². The first-order valence-corrected chi connectivity index (χ1v) is 3.73. The first kappa shape index (κ1) is 6.89. The van der Waals surface area contributed by atoms with Crippen molar-refractivity contribution in [1.29, 1.82) is 0 Å². The lowest BCUT2D eigenvalue weighted by molar-refractivity contribution is -0.114. The van der Waals surface area contributed by atoms with Gasteiger partial charge in [0.2, 0.25) is 0 Å². The van der Waals surface area contributed by atoms with Gasteiger partial charge in [0.15, 0.2) is 0 Å². The molecule has 0 aromatic rings. The van der Waals surface area contributed by atoms with E-state index in [4.69, 9.17) is 11.1 Å². The Kier molecular flexibility index (Phi) is 1.36. The van der Waals surface area contributed by atoms with Gasteiger partial charge in [0.05, 0.1) is 5.57 Å². The van der Waals surface area contributed by atoms with Crippen molar-refractivity contribution < 1.29 is 5.41 Å². The summed E-state index contributed by atoms with van der Waals surface area (Å²) >= 11 is 0. The van der Waals surface area contributed by atoms with E-state index in [0.717, 1.165) is 16.7 Å². The molecule has 12 heavy (non-hydrogen) atoms. The number of rotatable bonds is 2. The summed E-state index contributed by atoms with van der Waals surface area (Å²) < 4.78 is 0. The summed E-state index contributed by atoms with van der Waals surface area (Å²) in [4.78, 5) is 0. The molecule has 0 fully saturated rings. The van der Waals surface area contributed by atoms with Crippen LogP contribution in [0.25, 0.3) is 0 Å². The van der Waals surface area contributed by atoms with Crippen LogP contribution in [0.1, 0.15) is 0 Å². The first-order chi connectivity index (χ1) is 5.79. The largest absolute Gasteiger partial charge is 0.287 e. The average Bonchev–Trinajstić information content (AvgIpc) is 2.65. The molecule has 4 N–H and O–H groups in total.